The largest absolute Gasteiger partial charge is 0.508 e. The predicted molar refractivity (Wildman–Crippen MR) is 117 cm³/mol. The third kappa shape index (κ3) is 7.15. The number of likely N-dealkylation sites (tertiary alicyclic amines) is 1. The van der Waals surface area contributed by atoms with Crippen LogP contribution >= 0.6 is 0 Å². The number of carboxylic acids is 1. The average molecular weight is 479 g/mol. The Morgan fingerprint density at radius 1 is 1.09 bits per heavy atom. The monoisotopic (exact) mass is 479 g/mol. The van der Waals surface area contributed by atoms with E-state index in [1.165, 1.54) is 17.0 Å². The summed E-state index contributed by atoms with van der Waals surface area (Å²) >= 11 is 0. The summed E-state index contributed by atoms with van der Waals surface area (Å²) < 4.78 is 0. The van der Waals surface area contributed by atoms with Crippen LogP contribution in [0, 0.1) is 0 Å². The Morgan fingerprint density at radius 3 is 2.29 bits per heavy atom. The lowest BCUT2D eigenvalue weighted by Gasteiger charge is -2.30. The van der Waals surface area contributed by atoms with Crippen molar-refractivity contribution in [2.75, 3.05) is 13.2 Å². The van der Waals surface area contributed by atoms with Crippen LogP contribution in [0.5, 0.6) is 5.75 Å². The molecular formula is C21H29N5O8. The zero-order valence-electron chi connectivity index (χ0n) is 18.3. The smallest absolute Gasteiger partial charge is 0.326 e. The van der Waals surface area contributed by atoms with Crippen molar-refractivity contribution < 1.29 is 39.3 Å². The van der Waals surface area contributed by atoms with Crippen molar-refractivity contribution in [3.63, 3.8) is 0 Å². The highest BCUT2D eigenvalue weighted by atomic mass is 16.4. The maximum atomic E-state index is 13.4. The SMILES string of the molecule is NC(=O)CC(NC(=O)C1CCCN1C(=O)C(Cc1ccc(O)cc1)NC(=O)C(N)CO)C(=O)O. The summed E-state index contributed by atoms with van der Waals surface area (Å²) in [7, 11) is 0. The molecule has 13 heteroatoms. The number of hydrogen-bond acceptors (Lipinski definition) is 8. The van der Waals surface area contributed by atoms with Crippen LogP contribution in [0.4, 0.5) is 0 Å². The fourth-order valence-corrected chi connectivity index (χ4v) is 3.60. The number of aromatic hydroxyl groups is 1. The van der Waals surface area contributed by atoms with Gasteiger partial charge in [0.1, 0.15) is 29.9 Å². The lowest BCUT2D eigenvalue weighted by Crippen LogP contribution is -2.57. The van der Waals surface area contributed by atoms with Gasteiger partial charge in [-0.1, -0.05) is 12.1 Å². The maximum Gasteiger partial charge on any atom is 0.326 e. The topological polar surface area (TPSA) is 225 Å². The number of amides is 4. The highest BCUT2D eigenvalue weighted by molar-refractivity contribution is 5.95. The summed E-state index contributed by atoms with van der Waals surface area (Å²) in [5.41, 5.74) is 11.2. The predicted octanol–water partition coefficient (Wildman–Crippen LogP) is -2.83. The minimum atomic E-state index is -1.54. The number of primary amides is 1. The summed E-state index contributed by atoms with van der Waals surface area (Å²) in [6.45, 7) is -0.463. The van der Waals surface area contributed by atoms with E-state index in [4.69, 9.17) is 16.6 Å². The molecular weight excluding hydrogens is 450 g/mol. The number of hydrogen-bond donors (Lipinski definition) is 7. The van der Waals surface area contributed by atoms with Gasteiger partial charge in [-0.2, -0.15) is 0 Å². The minimum Gasteiger partial charge on any atom is -0.508 e. The fourth-order valence-electron chi connectivity index (χ4n) is 3.60. The van der Waals surface area contributed by atoms with Crippen molar-refractivity contribution in [2.24, 2.45) is 11.5 Å². The van der Waals surface area contributed by atoms with E-state index in [2.05, 4.69) is 10.6 Å². The van der Waals surface area contributed by atoms with Crippen molar-refractivity contribution >= 4 is 29.6 Å². The number of benzene rings is 1. The molecule has 1 aromatic carbocycles. The van der Waals surface area contributed by atoms with Crippen LogP contribution in [0.1, 0.15) is 24.8 Å². The molecule has 0 saturated carbocycles. The van der Waals surface area contributed by atoms with Crippen molar-refractivity contribution in [1.82, 2.24) is 15.5 Å². The number of aliphatic hydroxyl groups is 1. The van der Waals surface area contributed by atoms with Gasteiger partial charge in [-0.15, -0.1) is 0 Å². The first-order valence-electron chi connectivity index (χ1n) is 10.6. The van der Waals surface area contributed by atoms with Crippen LogP contribution in [0.3, 0.4) is 0 Å². The lowest BCUT2D eigenvalue weighted by atomic mass is 10.0. The highest BCUT2D eigenvalue weighted by Gasteiger charge is 2.39. The molecule has 1 heterocycles. The standard InChI is InChI=1S/C21H29N5O8/c22-13(10-27)18(30)24-14(8-11-3-5-12(28)6-4-11)20(32)26-7-1-2-16(26)19(31)25-15(21(33)34)9-17(23)29/h3-6,13-16,27-28H,1-2,7-10,22H2,(H2,23,29)(H,24,30)(H,25,31)(H,33,34). The summed E-state index contributed by atoms with van der Waals surface area (Å²) in [5.74, 6) is -4.49. The van der Waals surface area contributed by atoms with E-state index < -0.39 is 66.8 Å². The molecule has 0 aliphatic carbocycles. The zero-order chi connectivity index (χ0) is 25.4. The van der Waals surface area contributed by atoms with Gasteiger partial charge in [0, 0.05) is 13.0 Å². The average Bonchev–Trinajstić information content (AvgIpc) is 3.28. The Kier molecular flexibility index (Phi) is 9.33. The Balaban J connectivity index is 2.22. The number of nitrogens with one attached hydrogen (secondary N) is 2. The molecule has 0 radical (unpaired) electrons. The van der Waals surface area contributed by atoms with Gasteiger partial charge < -0.3 is 42.3 Å². The second-order valence-corrected chi connectivity index (χ2v) is 7.98. The Labute approximate surface area is 195 Å². The first-order valence-corrected chi connectivity index (χ1v) is 10.6. The number of carbonyl (C=O) groups is 5. The number of aliphatic hydroxyl groups excluding tert-OH is 1. The van der Waals surface area contributed by atoms with Crippen LogP contribution in [0.15, 0.2) is 24.3 Å². The summed E-state index contributed by atoms with van der Waals surface area (Å²) in [5, 5.41) is 32.6. The van der Waals surface area contributed by atoms with Gasteiger partial charge in [-0.05, 0) is 30.5 Å². The Hall–Kier alpha value is -3.71. The number of aliphatic carboxylic acids is 1. The molecule has 1 aliphatic rings. The molecule has 4 unspecified atom stereocenters. The molecule has 4 amide bonds. The number of phenols is 1. The van der Waals surface area contributed by atoms with Gasteiger partial charge in [0.25, 0.3) is 0 Å². The van der Waals surface area contributed by atoms with Gasteiger partial charge in [-0.25, -0.2) is 4.79 Å². The van der Waals surface area contributed by atoms with Crippen molar-refractivity contribution in [3.8, 4) is 5.75 Å². The quantitative estimate of drug-likeness (QED) is 0.173. The Morgan fingerprint density at radius 2 is 1.74 bits per heavy atom. The Bertz CT molecular complexity index is 922. The summed E-state index contributed by atoms with van der Waals surface area (Å²) in [6, 6.07) is 0.962. The first kappa shape index (κ1) is 26.5. The number of nitrogens with zero attached hydrogens (tertiary/aromatic N) is 1. The fraction of sp³-hybridized carbons (Fsp3) is 0.476. The van der Waals surface area contributed by atoms with Gasteiger partial charge >= 0.3 is 5.97 Å². The van der Waals surface area contributed by atoms with Crippen molar-refractivity contribution in [3.05, 3.63) is 29.8 Å². The number of phenolic OH excluding ortho intramolecular Hbond substituents is 1. The van der Waals surface area contributed by atoms with E-state index in [1.807, 2.05) is 0 Å². The van der Waals surface area contributed by atoms with Crippen LogP contribution < -0.4 is 22.1 Å². The molecule has 1 fully saturated rings. The molecule has 1 saturated heterocycles. The van der Waals surface area contributed by atoms with Crippen LogP contribution in [-0.4, -0.2) is 87.1 Å². The molecule has 9 N–H and O–H groups in total. The van der Waals surface area contributed by atoms with E-state index in [-0.39, 0.29) is 25.1 Å². The molecule has 186 valence electrons. The van der Waals surface area contributed by atoms with Gasteiger partial charge in [-0.3, -0.25) is 19.2 Å². The number of rotatable bonds is 11. The van der Waals surface area contributed by atoms with Gasteiger partial charge in [0.15, 0.2) is 0 Å². The number of nitrogens with two attached hydrogens (primary N) is 2. The molecule has 4 atom stereocenters. The maximum absolute atomic E-state index is 13.4. The van der Waals surface area contributed by atoms with Crippen molar-refractivity contribution in [2.45, 2.75) is 49.9 Å². The van der Waals surface area contributed by atoms with Crippen molar-refractivity contribution in [1.29, 1.82) is 0 Å². The van der Waals surface area contributed by atoms with E-state index in [1.54, 1.807) is 12.1 Å². The molecule has 0 aromatic heterocycles. The van der Waals surface area contributed by atoms with E-state index in [0.717, 1.165) is 0 Å². The number of carbonyl (C=O) groups excluding carboxylic acids is 4. The first-order chi connectivity index (χ1) is 16.0. The normalized spacial score (nSPS) is 17.9. The van der Waals surface area contributed by atoms with E-state index in [9.17, 15) is 34.2 Å². The van der Waals surface area contributed by atoms with Crippen LogP contribution in [0.25, 0.3) is 0 Å². The van der Waals surface area contributed by atoms with E-state index >= 15 is 0 Å². The molecule has 1 aromatic rings. The second-order valence-electron chi connectivity index (χ2n) is 7.98. The third-order valence-corrected chi connectivity index (χ3v) is 5.38. The molecule has 34 heavy (non-hydrogen) atoms. The molecule has 1 aliphatic heterocycles. The third-order valence-electron chi connectivity index (χ3n) is 5.38. The minimum absolute atomic E-state index is 0.00721. The van der Waals surface area contributed by atoms with Crippen LogP contribution in [0.2, 0.25) is 0 Å². The molecule has 0 bridgehead atoms. The number of carboxylic acid groups (broad SMARTS) is 1. The lowest BCUT2D eigenvalue weighted by molar-refractivity contribution is -0.145. The second kappa shape index (κ2) is 12.0. The molecule has 2 rings (SSSR count). The van der Waals surface area contributed by atoms with Gasteiger partial charge in [0.05, 0.1) is 13.0 Å². The highest BCUT2D eigenvalue weighted by Crippen LogP contribution is 2.21. The van der Waals surface area contributed by atoms with Crippen LogP contribution in [-0.2, 0) is 30.4 Å². The van der Waals surface area contributed by atoms with E-state index in [0.29, 0.717) is 12.0 Å². The molecule has 0 spiro atoms. The zero-order valence-corrected chi connectivity index (χ0v) is 18.3. The summed E-state index contributed by atoms with van der Waals surface area (Å²) in [4.78, 5) is 62.1. The molecule has 13 nitrogen and oxygen atoms in total. The summed E-state index contributed by atoms with van der Waals surface area (Å²) in [6.07, 6.45) is 0.0948. The van der Waals surface area contributed by atoms with Gasteiger partial charge in [0.2, 0.25) is 23.6 Å².